The Morgan fingerprint density at radius 1 is 1.39 bits per heavy atom. The molecule has 1 N–H and O–H groups in total. The summed E-state index contributed by atoms with van der Waals surface area (Å²) in [5.74, 6) is 0.413. The Labute approximate surface area is 133 Å². The van der Waals surface area contributed by atoms with E-state index in [1.165, 1.54) is 4.90 Å². The summed E-state index contributed by atoms with van der Waals surface area (Å²) in [7, 11) is 0. The molecule has 3 heterocycles. The molecule has 1 aromatic rings. The molecule has 2 aliphatic heterocycles. The molecule has 122 valence electrons. The molecule has 8 nitrogen and oxygen atoms in total. The molecule has 1 aromatic heterocycles. The zero-order chi connectivity index (χ0) is 16.2. The molecule has 4 amide bonds. The number of carbonyl (C=O) groups excluding carboxylic acids is 3. The normalized spacial score (nSPS) is 18.4. The van der Waals surface area contributed by atoms with Crippen molar-refractivity contribution < 1.29 is 19.1 Å². The zero-order valence-electron chi connectivity index (χ0n) is 12.6. The molecule has 0 bridgehead atoms. The molecule has 0 radical (unpaired) electrons. The van der Waals surface area contributed by atoms with Gasteiger partial charge in [0, 0.05) is 32.1 Å². The van der Waals surface area contributed by atoms with Gasteiger partial charge in [0.05, 0.1) is 19.3 Å². The molecule has 0 aromatic carbocycles. The number of ether oxygens (including phenoxy) is 1. The molecule has 0 atom stereocenters. The van der Waals surface area contributed by atoms with E-state index in [4.69, 9.17) is 4.74 Å². The van der Waals surface area contributed by atoms with Gasteiger partial charge in [-0.1, -0.05) is 0 Å². The quantitative estimate of drug-likeness (QED) is 0.825. The molecular weight excluding hydrogens is 300 g/mol. The smallest absolute Gasteiger partial charge is 0.324 e. The Morgan fingerprint density at radius 2 is 2.22 bits per heavy atom. The van der Waals surface area contributed by atoms with E-state index >= 15 is 0 Å². The number of amides is 4. The lowest BCUT2D eigenvalue weighted by atomic mass is 10.1. The van der Waals surface area contributed by atoms with Crippen LogP contribution in [0.25, 0.3) is 0 Å². The fraction of sp³-hybridized carbons (Fsp3) is 0.467. The van der Waals surface area contributed by atoms with Gasteiger partial charge < -0.3 is 14.5 Å². The maximum atomic E-state index is 12.1. The first-order valence-electron chi connectivity index (χ1n) is 7.55. The SMILES string of the molecule is O=C1CCN(CCC(=O)N2CC(Oc3cccnc3)C2)C(=O)N1. The van der Waals surface area contributed by atoms with Gasteiger partial charge in [-0.3, -0.25) is 19.9 Å². The van der Waals surface area contributed by atoms with Gasteiger partial charge in [0.2, 0.25) is 11.8 Å². The van der Waals surface area contributed by atoms with Crippen LogP contribution in [0.4, 0.5) is 4.79 Å². The third-order valence-corrected chi connectivity index (χ3v) is 3.88. The molecule has 3 rings (SSSR count). The second kappa shape index (κ2) is 6.64. The molecule has 2 aliphatic rings. The van der Waals surface area contributed by atoms with Gasteiger partial charge in [-0.15, -0.1) is 0 Å². The first kappa shape index (κ1) is 15.3. The Morgan fingerprint density at radius 3 is 2.91 bits per heavy atom. The number of nitrogens with one attached hydrogen (secondary N) is 1. The van der Waals surface area contributed by atoms with E-state index in [-0.39, 0.29) is 30.8 Å². The number of urea groups is 1. The third kappa shape index (κ3) is 3.77. The number of likely N-dealkylation sites (tertiary alicyclic amines) is 1. The zero-order valence-corrected chi connectivity index (χ0v) is 12.6. The summed E-state index contributed by atoms with van der Waals surface area (Å²) < 4.78 is 5.69. The van der Waals surface area contributed by atoms with Crippen LogP contribution >= 0.6 is 0 Å². The minimum atomic E-state index is -0.421. The fourth-order valence-corrected chi connectivity index (χ4v) is 2.53. The molecule has 0 aliphatic carbocycles. The first-order chi connectivity index (χ1) is 11.1. The van der Waals surface area contributed by atoms with Gasteiger partial charge in [0.15, 0.2) is 0 Å². The first-order valence-corrected chi connectivity index (χ1v) is 7.55. The minimum absolute atomic E-state index is 0.0132. The van der Waals surface area contributed by atoms with E-state index in [0.29, 0.717) is 31.9 Å². The molecule has 2 saturated heterocycles. The van der Waals surface area contributed by atoms with Crippen LogP contribution in [-0.4, -0.2) is 64.9 Å². The van der Waals surface area contributed by atoms with Crippen LogP contribution in [0.15, 0.2) is 24.5 Å². The topological polar surface area (TPSA) is 91.8 Å². The van der Waals surface area contributed by atoms with Crippen LogP contribution in [0, 0.1) is 0 Å². The highest BCUT2D eigenvalue weighted by atomic mass is 16.5. The fourth-order valence-electron chi connectivity index (χ4n) is 2.53. The summed E-state index contributed by atoms with van der Waals surface area (Å²) in [6, 6.07) is 3.20. The van der Waals surface area contributed by atoms with Crippen LogP contribution in [0.1, 0.15) is 12.8 Å². The predicted molar refractivity (Wildman–Crippen MR) is 79.6 cm³/mol. The van der Waals surface area contributed by atoms with Crippen molar-refractivity contribution in [2.45, 2.75) is 18.9 Å². The van der Waals surface area contributed by atoms with E-state index in [9.17, 15) is 14.4 Å². The van der Waals surface area contributed by atoms with E-state index in [1.807, 2.05) is 6.07 Å². The van der Waals surface area contributed by atoms with Gasteiger partial charge >= 0.3 is 6.03 Å². The van der Waals surface area contributed by atoms with Crippen LogP contribution in [0.3, 0.4) is 0 Å². The monoisotopic (exact) mass is 318 g/mol. The minimum Gasteiger partial charge on any atom is -0.485 e. The number of pyridine rings is 1. The van der Waals surface area contributed by atoms with Gasteiger partial charge in [0.1, 0.15) is 11.9 Å². The van der Waals surface area contributed by atoms with E-state index in [2.05, 4.69) is 10.3 Å². The van der Waals surface area contributed by atoms with Crippen molar-refractivity contribution in [2.24, 2.45) is 0 Å². The molecular formula is C15H18N4O4. The van der Waals surface area contributed by atoms with Crippen molar-refractivity contribution in [3.63, 3.8) is 0 Å². The van der Waals surface area contributed by atoms with Crippen molar-refractivity contribution in [1.29, 1.82) is 0 Å². The number of nitrogens with zero attached hydrogens (tertiary/aromatic N) is 3. The van der Waals surface area contributed by atoms with Gasteiger partial charge in [0.25, 0.3) is 0 Å². The predicted octanol–water partition coefficient (Wildman–Crippen LogP) is 0.00320. The van der Waals surface area contributed by atoms with Crippen molar-refractivity contribution >= 4 is 17.8 Å². The molecule has 8 heteroatoms. The number of aromatic nitrogens is 1. The van der Waals surface area contributed by atoms with Crippen LogP contribution < -0.4 is 10.1 Å². The lowest BCUT2D eigenvalue weighted by Crippen LogP contribution is -2.57. The van der Waals surface area contributed by atoms with Crippen LogP contribution in [0.5, 0.6) is 5.75 Å². The highest BCUT2D eigenvalue weighted by Gasteiger charge is 2.32. The molecule has 0 spiro atoms. The Balaban J connectivity index is 1.37. The molecule has 0 saturated carbocycles. The lowest BCUT2D eigenvalue weighted by molar-refractivity contribution is -0.140. The van der Waals surface area contributed by atoms with Crippen molar-refractivity contribution in [3.05, 3.63) is 24.5 Å². The lowest BCUT2D eigenvalue weighted by Gasteiger charge is -2.39. The molecule has 2 fully saturated rings. The van der Waals surface area contributed by atoms with Crippen molar-refractivity contribution in [1.82, 2.24) is 20.1 Å². The number of hydrogen-bond donors (Lipinski definition) is 1. The average molecular weight is 318 g/mol. The highest BCUT2D eigenvalue weighted by Crippen LogP contribution is 2.17. The summed E-state index contributed by atoms with van der Waals surface area (Å²) >= 11 is 0. The summed E-state index contributed by atoms with van der Waals surface area (Å²) in [5.41, 5.74) is 0. The highest BCUT2D eigenvalue weighted by molar-refractivity contribution is 5.96. The maximum Gasteiger partial charge on any atom is 0.324 e. The summed E-state index contributed by atoms with van der Waals surface area (Å²) in [5, 5.41) is 2.24. The summed E-state index contributed by atoms with van der Waals surface area (Å²) in [4.78, 5) is 41.9. The second-order valence-electron chi connectivity index (χ2n) is 5.57. The maximum absolute atomic E-state index is 12.1. The molecule has 23 heavy (non-hydrogen) atoms. The summed E-state index contributed by atoms with van der Waals surface area (Å²) in [6.45, 7) is 1.77. The van der Waals surface area contributed by atoms with Gasteiger partial charge in [-0.05, 0) is 12.1 Å². The Hall–Kier alpha value is -2.64. The number of imide groups is 1. The van der Waals surface area contributed by atoms with Crippen LogP contribution in [0.2, 0.25) is 0 Å². The van der Waals surface area contributed by atoms with E-state index in [1.54, 1.807) is 23.4 Å². The van der Waals surface area contributed by atoms with Crippen molar-refractivity contribution in [2.75, 3.05) is 26.2 Å². The number of rotatable bonds is 5. The Bertz CT molecular complexity index is 601. The Kier molecular flexibility index (Phi) is 4.40. The summed E-state index contributed by atoms with van der Waals surface area (Å²) in [6.07, 6.45) is 3.83. The van der Waals surface area contributed by atoms with Crippen LogP contribution in [-0.2, 0) is 9.59 Å². The van der Waals surface area contributed by atoms with Gasteiger partial charge in [-0.2, -0.15) is 0 Å². The third-order valence-electron chi connectivity index (χ3n) is 3.88. The number of carbonyl (C=O) groups is 3. The van der Waals surface area contributed by atoms with Gasteiger partial charge in [-0.25, -0.2) is 4.79 Å². The average Bonchev–Trinajstić information content (AvgIpc) is 2.50. The van der Waals surface area contributed by atoms with Crippen molar-refractivity contribution in [3.8, 4) is 5.75 Å². The molecule has 0 unspecified atom stereocenters. The van der Waals surface area contributed by atoms with E-state index < -0.39 is 6.03 Å². The standard InChI is InChI=1S/C15H18N4O4/c20-13-3-6-18(15(22)17-13)7-4-14(21)19-9-12(10-19)23-11-2-1-5-16-8-11/h1-2,5,8,12H,3-4,6-7,9-10H2,(H,17,20,22). The number of hydrogen-bond acceptors (Lipinski definition) is 5. The van der Waals surface area contributed by atoms with E-state index in [0.717, 1.165) is 0 Å². The largest absolute Gasteiger partial charge is 0.485 e. The second-order valence-corrected chi connectivity index (χ2v) is 5.57.